The number of nitrogens with zero attached hydrogens (tertiary/aromatic N) is 3. The van der Waals surface area contributed by atoms with Crippen LogP contribution in [0.15, 0.2) is 77.2 Å². The molecule has 1 aliphatic rings. The van der Waals surface area contributed by atoms with Crippen molar-refractivity contribution < 1.29 is 24.2 Å². The van der Waals surface area contributed by atoms with Gasteiger partial charge in [0, 0.05) is 18.7 Å². The molecule has 0 radical (unpaired) electrons. The fourth-order valence-corrected chi connectivity index (χ4v) is 5.71. The Morgan fingerprint density at radius 1 is 1.10 bits per heavy atom. The molecule has 0 aliphatic carbocycles. The Morgan fingerprint density at radius 3 is 2.39 bits per heavy atom. The normalized spacial score (nSPS) is 17.5. The van der Waals surface area contributed by atoms with Crippen molar-refractivity contribution >= 4 is 23.5 Å². The molecule has 214 valence electrons. The molecule has 2 aromatic carbocycles. The van der Waals surface area contributed by atoms with Gasteiger partial charge in [0.15, 0.2) is 0 Å². The van der Waals surface area contributed by atoms with Crippen molar-refractivity contribution in [3.8, 4) is 5.88 Å². The van der Waals surface area contributed by atoms with Crippen LogP contribution in [0.25, 0.3) is 0 Å². The lowest BCUT2D eigenvalue weighted by atomic mass is 9.93. The Kier molecular flexibility index (Phi) is 8.53. The molecule has 0 spiro atoms. The third kappa shape index (κ3) is 6.35. The van der Waals surface area contributed by atoms with Gasteiger partial charge in [-0.15, -0.1) is 11.3 Å². The van der Waals surface area contributed by atoms with Crippen LogP contribution >= 0.6 is 11.3 Å². The van der Waals surface area contributed by atoms with Gasteiger partial charge in [0.2, 0.25) is 5.88 Å². The lowest BCUT2D eigenvalue weighted by molar-refractivity contribution is 0.0982. The summed E-state index contributed by atoms with van der Waals surface area (Å²) in [4.78, 5) is 48.0. The van der Waals surface area contributed by atoms with Crippen molar-refractivity contribution in [3.05, 3.63) is 105 Å². The van der Waals surface area contributed by atoms with Gasteiger partial charge in [-0.3, -0.25) is 9.55 Å². The van der Waals surface area contributed by atoms with Gasteiger partial charge >= 0.3 is 17.9 Å². The van der Waals surface area contributed by atoms with Crippen LogP contribution in [0, 0.1) is 0 Å². The van der Waals surface area contributed by atoms with E-state index in [4.69, 9.17) is 9.47 Å². The van der Waals surface area contributed by atoms with E-state index in [1.54, 1.807) is 11.7 Å². The Bertz CT molecular complexity index is 1520. The molecule has 10 nitrogen and oxygen atoms in total. The summed E-state index contributed by atoms with van der Waals surface area (Å²) in [6, 6.07) is 17.8. The number of imidazole rings is 1. The first-order chi connectivity index (χ1) is 19.8. The molecule has 41 heavy (non-hydrogen) atoms. The summed E-state index contributed by atoms with van der Waals surface area (Å²) in [7, 11) is 0. The monoisotopic (exact) mass is 576 g/mol. The zero-order valence-electron chi connectivity index (χ0n) is 22.8. The fourth-order valence-electron chi connectivity index (χ4n) is 5.21. The largest absolute Gasteiger partial charge is 0.493 e. The first kappa shape index (κ1) is 28.2. The lowest BCUT2D eigenvalue weighted by Gasteiger charge is -2.26. The summed E-state index contributed by atoms with van der Waals surface area (Å²) < 4.78 is 12.6. The number of cyclic esters (lactones) is 1. The summed E-state index contributed by atoms with van der Waals surface area (Å²) in [5.41, 5.74) is 3.48. The number of nitrogens with one attached hydrogen (secondary N) is 1. The van der Waals surface area contributed by atoms with Crippen LogP contribution in [-0.2, 0) is 28.9 Å². The molecular weight excluding hydrogens is 544 g/mol. The number of thiazole rings is 1. The highest BCUT2D eigenvalue weighted by molar-refractivity contribution is 7.09. The smallest absolute Gasteiger partial charge is 0.420 e. The van der Waals surface area contributed by atoms with Crippen molar-refractivity contribution in [2.75, 3.05) is 0 Å². The van der Waals surface area contributed by atoms with Crippen LogP contribution < -0.4 is 5.69 Å². The number of benzene rings is 2. The molecule has 5 rings (SSSR count). The van der Waals surface area contributed by atoms with E-state index in [-0.39, 0.29) is 24.8 Å². The molecule has 2 amide bonds. The second kappa shape index (κ2) is 12.4. The number of rotatable bonds is 10. The third-order valence-corrected chi connectivity index (χ3v) is 7.96. The molecule has 3 unspecified atom stereocenters. The van der Waals surface area contributed by atoms with E-state index in [2.05, 4.69) is 9.97 Å². The molecule has 3 heterocycles. The lowest BCUT2D eigenvalue weighted by Crippen LogP contribution is -2.43. The molecule has 2 N–H and O–H groups in total. The number of aromatic amines is 1. The van der Waals surface area contributed by atoms with Gasteiger partial charge in [0.25, 0.3) is 0 Å². The maximum Gasteiger partial charge on any atom is 0.420 e. The summed E-state index contributed by atoms with van der Waals surface area (Å²) in [5, 5.41) is 11.1. The molecule has 2 aromatic heterocycles. The average Bonchev–Trinajstić information content (AvgIpc) is 3.66. The number of carbonyl (C=O) groups excluding carboxylic acids is 2. The Hall–Kier alpha value is -4.38. The van der Waals surface area contributed by atoms with E-state index < -0.39 is 36.1 Å². The predicted molar refractivity (Wildman–Crippen MR) is 153 cm³/mol. The van der Waals surface area contributed by atoms with Crippen LogP contribution in [0.3, 0.4) is 0 Å². The van der Waals surface area contributed by atoms with Crippen molar-refractivity contribution in [1.29, 1.82) is 0 Å². The van der Waals surface area contributed by atoms with Gasteiger partial charge in [-0.1, -0.05) is 74.5 Å². The molecule has 3 atom stereocenters. The Labute approximate surface area is 241 Å². The maximum atomic E-state index is 13.2. The predicted octanol–water partition coefficient (Wildman–Crippen LogP) is 5.40. The highest BCUT2D eigenvalue weighted by atomic mass is 32.1. The number of amides is 2. The van der Waals surface area contributed by atoms with Crippen LogP contribution in [0.1, 0.15) is 53.9 Å². The van der Waals surface area contributed by atoms with E-state index in [0.29, 0.717) is 18.5 Å². The molecule has 0 bridgehead atoms. The summed E-state index contributed by atoms with van der Waals surface area (Å²) in [6.45, 7) is 3.75. The quantitative estimate of drug-likeness (QED) is 0.259. The van der Waals surface area contributed by atoms with E-state index in [0.717, 1.165) is 20.9 Å². The summed E-state index contributed by atoms with van der Waals surface area (Å²) in [5.74, 6) is -0.254. The number of ether oxygens (including phenoxy) is 2. The number of aromatic nitrogens is 3. The minimum Gasteiger partial charge on any atom is -0.493 e. The van der Waals surface area contributed by atoms with Gasteiger partial charge in [-0.25, -0.2) is 19.3 Å². The van der Waals surface area contributed by atoms with Crippen molar-refractivity contribution in [2.24, 2.45) is 0 Å². The minimum absolute atomic E-state index is 0.0166. The fraction of sp³-hybridized carbons (Fsp3) is 0.333. The SMILES string of the molecule is CC(C)c1[nH]c(=O)n(C(Cc2ccccc2)CC2OC(=O)N(C(=O)OCc3cncs3)C2Cc2ccccc2)c1O. The van der Waals surface area contributed by atoms with Gasteiger partial charge in [-0.2, -0.15) is 0 Å². The summed E-state index contributed by atoms with van der Waals surface area (Å²) >= 11 is 1.34. The van der Waals surface area contributed by atoms with Crippen LogP contribution in [-0.4, -0.2) is 48.9 Å². The first-order valence-electron chi connectivity index (χ1n) is 13.5. The van der Waals surface area contributed by atoms with Crippen LogP contribution in [0.4, 0.5) is 9.59 Å². The minimum atomic E-state index is -0.810. The molecule has 1 fully saturated rings. The standard InChI is InChI=1S/C30H32N4O6S/c1-19(2)26-27(35)33(28(36)32-26)22(13-20-9-5-3-6-10-20)15-25-24(14-21-11-7-4-8-12-21)34(30(38)40-25)29(37)39-17-23-16-31-18-41-23/h3-12,16,18-19,22,24-25,35H,13-15,17H2,1-2H3,(H,32,36). The van der Waals surface area contributed by atoms with Gasteiger partial charge in [0.1, 0.15) is 12.7 Å². The zero-order chi connectivity index (χ0) is 28.9. The molecule has 11 heteroatoms. The van der Waals surface area contributed by atoms with Crippen molar-refractivity contribution in [3.63, 3.8) is 0 Å². The number of hydrogen-bond donors (Lipinski definition) is 2. The van der Waals surface area contributed by atoms with Gasteiger partial charge in [-0.05, 0) is 29.9 Å². The number of hydrogen-bond acceptors (Lipinski definition) is 8. The van der Waals surface area contributed by atoms with Crippen molar-refractivity contribution in [2.45, 2.75) is 63.8 Å². The number of carbonyl (C=O) groups is 2. The topological polar surface area (TPSA) is 127 Å². The molecule has 0 saturated carbocycles. The van der Waals surface area contributed by atoms with Crippen LogP contribution in [0.5, 0.6) is 5.88 Å². The average molecular weight is 577 g/mol. The third-order valence-electron chi connectivity index (χ3n) is 7.21. The van der Waals surface area contributed by atoms with E-state index in [9.17, 15) is 19.5 Å². The second-order valence-electron chi connectivity index (χ2n) is 10.3. The van der Waals surface area contributed by atoms with E-state index in [1.165, 1.54) is 15.9 Å². The highest BCUT2D eigenvalue weighted by Crippen LogP contribution is 2.34. The van der Waals surface area contributed by atoms with E-state index >= 15 is 0 Å². The van der Waals surface area contributed by atoms with Gasteiger partial charge in [0.05, 0.1) is 22.1 Å². The maximum absolute atomic E-state index is 13.2. The number of H-pyrrole nitrogens is 1. The van der Waals surface area contributed by atoms with Crippen LogP contribution in [0.2, 0.25) is 0 Å². The Balaban J connectivity index is 1.47. The number of imide groups is 1. The molecule has 4 aromatic rings. The highest BCUT2D eigenvalue weighted by Gasteiger charge is 2.47. The van der Waals surface area contributed by atoms with Gasteiger partial charge < -0.3 is 19.6 Å². The molecule has 1 aliphatic heterocycles. The summed E-state index contributed by atoms with van der Waals surface area (Å²) in [6.07, 6.45) is 0.121. The molecular formula is C30H32N4O6S. The molecule has 1 saturated heterocycles. The van der Waals surface area contributed by atoms with E-state index in [1.807, 2.05) is 74.5 Å². The van der Waals surface area contributed by atoms with Crippen molar-refractivity contribution in [1.82, 2.24) is 19.4 Å². The number of aromatic hydroxyl groups is 1. The zero-order valence-corrected chi connectivity index (χ0v) is 23.6. The Morgan fingerprint density at radius 2 is 1.78 bits per heavy atom. The first-order valence-corrected chi connectivity index (χ1v) is 14.3. The second-order valence-corrected chi connectivity index (χ2v) is 11.3.